The Morgan fingerprint density at radius 3 is 2.60 bits per heavy atom. The van der Waals surface area contributed by atoms with E-state index in [9.17, 15) is 20.0 Å². The van der Waals surface area contributed by atoms with Crippen LogP contribution in [0.3, 0.4) is 0 Å². The van der Waals surface area contributed by atoms with Crippen LogP contribution in [0.1, 0.15) is 36.0 Å². The summed E-state index contributed by atoms with van der Waals surface area (Å²) in [6.45, 7) is 0.700. The molecule has 2 aliphatic carbocycles. The van der Waals surface area contributed by atoms with Crippen LogP contribution >= 0.6 is 0 Å². The van der Waals surface area contributed by atoms with Crippen molar-refractivity contribution in [1.29, 1.82) is 0 Å². The standard InChI is InChI=1S/C14H16N2O4/c17-13-11(2-1-3-12(13)16(19)20)14(18)15(10-6-7-10)8-9-4-5-9/h1-3,9-10,17H,4-8H2. The molecule has 6 nitrogen and oxygen atoms in total. The molecular weight excluding hydrogens is 260 g/mol. The Morgan fingerprint density at radius 2 is 2.05 bits per heavy atom. The first-order chi connectivity index (χ1) is 9.58. The summed E-state index contributed by atoms with van der Waals surface area (Å²) in [5.41, 5.74) is -0.384. The molecule has 0 atom stereocenters. The van der Waals surface area contributed by atoms with Gasteiger partial charge in [-0.1, -0.05) is 6.07 Å². The van der Waals surface area contributed by atoms with E-state index in [-0.39, 0.29) is 17.5 Å². The number of carbonyl (C=O) groups is 1. The van der Waals surface area contributed by atoms with Crippen LogP contribution in [0.15, 0.2) is 18.2 Å². The average molecular weight is 276 g/mol. The lowest BCUT2D eigenvalue weighted by Crippen LogP contribution is -2.35. The molecule has 106 valence electrons. The molecule has 1 aromatic rings. The Hall–Kier alpha value is -2.11. The van der Waals surface area contributed by atoms with Gasteiger partial charge in [0.1, 0.15) is 0 Å². The van der Waals surface area contributed by atoms with Crippen molar-refractivity contribution in [2.24, 2.45) is 5.92 Å². The molecule has 0 bridgehead atoms. The van der Waals surface area contributed by atoms with Gasteiger partial charge in [-0.3, -0.25) is 14.9 Å². The van der Waals surface area contributed by atoms with Crippen molar-refractivity contribution in [3.63, 3.8) is 0 Å². The highest BCUT2D eigenvalue weighted by Gasteiger charge is 2.38. The van der Waals surface area contributed by atoms with Crippen molar-refractivity contribution in [3.05, 3.63) is 33.9 Å². The van der Waals surface area contributed by atoms with Crippen LogP contribution in [0.4, 0.5) is 5.69 Å². The second-order valence-electron chi connectivity index (χ2n) is 5.56. The summed E-state index contributed by atoms with van der Waals surface area (Å²) >= 11 is 0. The van der Waals surface area contributed by atoms with Crippen LogP contribution in [0.25, 0.3) is 0 Å². The molecular formula is C14H16N2O4. The summed E-state index contributed by atoms with van der Waals surface area (Å²) in [7, 11) is 0. The Labute approximate surface area is 116 Å². The van der Waals surface area contributed by atoms with Gasteiger partial charge in [0, 0.05) is 18.7 Å². The SMILES string of the molecule is O=C(c1cccc([N+](=O)[O-])c1O)N(CC1CC1)C1CC1. The van der Waals surface area contributed by atoms with Gasteiger partial charge in [-0.25, -0.2) is 0 Å². The van der Waals surface area contributed by atoms with E-state index < -0.39 is 16.4 Å². The average Bonchev–Trinajstić information content (AvgIpc) is 3.26. The molecule has 0 aromatic heterocycles. The predicted octanol–water partition coefficient (Wildman–Crippen LogP) is 2.31. The Kier molecular flexibility index (Phi) is 3.08. The fourth-order valence-corrected chi connectivity index (χ4v) is 2.37. The lowest BCUT2D eigenvalue weighted by molar-refractivity contribution is -0.385. The van der Waals surface area contributed by atoms with E-state index in [2.05, 4.69) is 0 Å². The molecule has 0 heterocycles. The van der Waals surface area contributed by atoms with Crippen molar-refractivity contribution >= 4 is 11.6 Å². The lowest BCUT2D eigenvalue weighted by Gasteiger charge is -2.22. The summed E-state index contributed by atoms with van der Waals surface area (Å²) in [4.78, 5) is 24.5. The first-order valence-electron chi connectivity index (χ1n) is 6.85. The van der Waals surface area contributed by atoms with Gasteiger partial charge in [-0.15, -0.1) is 0 Å². The van der Waals surface area contributed by atoms with Crippen LogP contribution in [0.2, 0.25) is 0 Å². The number of hydrogen-bond donors (Lipinski definition) is 1. The van der Waals surface area contributed by atoms with Crippen molar-refractivity contribution in [2.75, 3.05) is 6.54 Å². The maximum absolute atomic E-state index is 12.5. The number of rotatable bonds is 5. The minimum Gasteiger partial charge on any atom is -0.502 e. The van der Waals surface area contributed by atoms with Gasteiger partial charge in [-0.05, 0) is 37.7 Å². The number of phenolic OH excluding ortho intramolecular Hbond substituents is 1. The maximum atomic E-state index is 12.5. The van der Waals surface area contributed by atoms with Crippen molar-refractivity contribution in [2.45, 2.75) is 31.7 Å². The second kappa shape index (κ2) is 4.77. The minimum atomic E-state index is -0.672. The molecule has 1 N–H and O–H groups in total. The van der Waals surface area contributed by atoms with Crippen molar-refractivity contribution < 1.29 is 14.8 Å². The molecule has 2 fully saturated rings. The molecule has 1 amide bonds. The first-order valence-corrected chi connectivity index (χ1v) is 6.85. The number of nitro groups is 1. The summed E-state index contributed by atoms with van der Waals surface area (Å²) in [6.07, 6.45) is 4.23. The quantitative estimate of drug-likeness (QED) is 0.660. The topological polar surface area (TPSA) is 83.7 Å². The highest BCUT2D eigenvalue weighted by Crippen LogP contribution is 2.37. The zero-order valence-electron chi connectivity index (χ0n) is 11.0. The van der Waals surface area contributed by atoms with Gasteiger partial charge >= 0.3 is 5.69 Å². The summed E-state index contributed by atoms with van der Waals surface area (Å²) in [5.74, 6) is -0.259. The molecule has 20 heavy (non-hydrogen) atoms. The van der Waals surface area contributed by atoms with Crippen molar-refractivity contribution in [1.82, 2.24) is 4.90 Å². The third-order valence-electron chi connectivity index (χ3n) is 3.84. The second-order valence-corrected chi connectivity index (χ2v) is 5.56. The van der Waals surface area contributed by atoms with Gasteiger partial charge in [0.15, 0.2) is 0 Å². The van der Waals surface area contributed by atoms with Crippen LogP contribution in [-0.4, -0.2) is 33.4 Å². The number of aromatic hydroxyl groups is 1. The third-order valence-corrected chi connectivity index (χ3v) is 3.84. The number of amides is 1. The Bertz CT molecular complexity index is 564. The van der Waals surface area contributed by atoms with E-state index in [0.717, 1.165) is 25.7 Å². The van der Waals surface area contributed by atoms with Crippen LogP contribution in [0.5, 0.6) is 5.75 Å². The fraction of sp³-hybridized carbons (Fsp3) is 0.500. The van der Waals surface area contributed by atoms with Gasteiger partial charge in [-0.2, -0.15) is 0 Å². The van der Waals surface area contributed by atoms with Crippen LogP contribution in [0, 0.1) is 16.0 Å². The predicted molar refractivity (Wildman–Crippen MR) is 71.5 cm³/mol. The number of hydrogen-bond acceptors (Lipinski definition) is 4. The van der Waals surface area contributed by atoms with Gasteiger partial charge < -0.3 is 10.0 Å². The van der Waals surface area contributed by atoms with E-state index in [0.29, 0.717) is 12.5 Å². The van der Waals surface area contributed by atoms with Gasteiger partial charge in [0.25, 0.3) is 5.91 Å². The molecule has 0 spiro atoms. The molecule has 3 rings (SSSR count). The molecule has 0 aliphatic heterocycles. The van der Waals surface area contributed by atoms with Gasteiger partial charge in [0.05, 0.1) is 10.5 Å². The minimum absolute atomic E-state index is 0.0340. The van der Waals surface area contributed by atoms with Gasteiger partial charge in [0.2, 0.25) is 5.75 Å². The van der Waals surface area contributed by atoms with E-state index >= 15 is 0 Å². The molecule has 1 aromatic carbocycles. The smallest absolute Gasteiger partial charge is 0.311 e. The van der Waals surface area contributed by atoms with E-state index in [4.69, 9.17) is 0 Å². The lowest BCUT2D eigenvalue weighted by atomic mass is 10.1. The van der Waals surface area contributed by atoms with Crippen LogP contribution in [-0.2, 0) is 0 Å². The summed E-state index contributed by atoms with van der Waals surface area (Å²) < 4.78 is 0. The van der Waals surface area contributed by atoms with E-state index in [1.165, 1.54) is 18.2 Å². The zero-order valence-corrected chi connectivity index (χ0v) is 11.0. The fourth-order valence-electron chi connectivity index (χ4n) is 2.37. The maximum Gasteiger partial charge on any atom is 0.311 e. The molecule has 0 unspecified atom stereocenters. The summed E-state index contributed by atoms with van der Waals surface area (Å²) in [5, 5.41) is 20.8. The molecule has 6 heteroatoms. The monoisotopic (exact) mass is 276 g/mol. The number of nitrogens with zero attached hydrogens (tertiary/aromatic N) is 2. The highest BCUT2D eigenvalue weighted by atomic mass is 16.6. The largest absolute Gasteiger partial charge is 0.502 e. The highest BCUT2D eigenvalue weighted by molar-refractivity contribution is 5.98. The van der Waals surface area contributed by atoms with E-state index in [1.807, 2.05) is 0 Å². The number of para-hydroxylation sites is 1. The van der Waals surface area contributed by atoms with E-state index in [1.54, 1.807) is 4.90 Å². The normalized spacial score (nSPS) is 17.8. The first kappa shape index (κ1) is 12.9. The number of nitro benzene ring substituents is 1. The summed E-state index contributed by atoms with van der Waals surface area (Å²) in [6, 6.07) is 4.33. The third kappa shape index (κ3) is 2.45. The number of carbonyl (C=O) groups excluding carboxylic acids is 1. The Morgan fingerprint density at radius 1 is 1.35 bits per heavy atom. The van der Waals surface area contributed by atoms with Crippen LogP contribution < -0.4 is 0 Å². The number of benzene rings is 1. The zero-order chi connectivity index (χ0) is 14.3. The number of phenols is 1. The molecule has 0 saturated heterocycles. The molecule has 2 aliphatic rings. The molecule has 0 radical (unpaired) electrons. The Balaban J connectivity index is 1.88. The molecule has 2 saturated carbocycles. The van der Waals surface area contributed by atoms with Crippen molar-refractivity contribution in [3.8, 4) is 5.75 Å².